The van der Waals surface area contributed by atoms with Gasteiger partial charge in [0.15, 0.2) is 11.5 Å². The number of ether oxygens (including phenoxy) is 2. The van der Waals surface area contributed by atoms with Crippen LogP contribution in [0.2, 0.25) is 0 Å². The smallest absolute Gasteiger partial charge is 0.162 e. The van der Waals surface area contributed by atoms with Gasteiger partial charge in [0.25, 0.3) is 0 Å². The van der Waals surface area contributed by atoms with Crippen LogP contribution >= 0.6 is 43.2 Å². The summed E-state index contributed by atoms with van der Waals surface area (Å²) in [6.45, 7) is 7.32. The van der Waals surface area contributed by atoms with E-state index in [1.807, 2.05) is 19.9 Å². The number of hydrogen-bond donors (Lipinski definition) is 0. The Bertz CT molecular complexity index is 610. The van der Waals surface area contributed by atoms with Crippen molar-refractivity contribution in [2.75, 3.05) is 13.2 Å². The summed E-state index contributed by atoms with van der Waals surface area (Å²) in [5, 5.41) is 2.12. The number of halogens is 2. The molecule has 1 aromatic heterocycles. The van der Waals surface area contributed by atoms with E-state index >= 15 is 0 Å². The average Bonchev–Trinajstić information content (AvgIpc) is 2.87. The lowest BCUT2D eigenvalue weighted by molar-refractivity contribution is 0.287. The fraction of sp³-hybridized carbons (Fsp3) is 0.375. The molecule has 0 aliphatic rings. The Balaban J connectivity index is 2.44. The van der Waals surface area contributed by atoms with Gasteiger partial charge in [-0.25, -0.2) is 0 Å². The van der Waals surface area contributed by atoms with Gasteiger partial charge in [-0.05, 0) is 55.5 Å². The largest absolute Gasteiger partial charge is 0.490 e. The van der Waals surface area contributed by atoms with Crippen LogP contribution in [-0.4, -0.2) is 13.2 Å². The molecule has 0 N–H and O–H groups in total. The molecule has 5 heteroatoms. The van der Waals surface area contributed by atoms with Gasteiger partial charge in [0.1, 0.15) is 0 Å². The van der Waals surface area contributed by atoms with Crippen molar-refractivity contribution in [1.29, 1.82) is 0 Å². The average molecular weight is 434 g/mol. The van der Waals surface area contributed by atoms with Crippen LogP contribution in [0.5, 0.6) is 11.5 Å². The van der Waals surface area contributed by atoms with Crippen molar-refractivity contribution in [3.05, 3.63) is 44.1 Å². The van der Waals surface area contributed by atoms with E-state index in [1.54, 1.807) is 11.3 Å². The Morgan fingerprint density at radius 3 is 2.29 bits per heavy atom. The summed E-state index contributed by atoms with van der Waals surface area (Å²) in [6.07, 6.45) is 0. The van der Waals surface area contributed by atoms with Crippen LogP contribution in [0.1, 0.15) is 34.7 Å². The van der Waals surface area contributed by atoms with Crippen molar-refractivity contribution in [3.8, 4) is 11.5 Å². The molecule has 1 atom stereocenters. The molecule has 0 bridgehead atoms. The number of benzene rings is 1. The number of aryl methyl sites for hydroxylation is 1. The minimum absolute atomic E-state index is 0.141. The van der Waals surface area contributed by atoms with Crippen LogP contribution in [-0.2, 0) is 0 Å². The second-order valence-electron chi connectivity index (χ2n) is 4.52. The SMILES string of the molecule is CCOc1cc(Br)c(C(Br)c2sccc2C)cc1OCC. The lowest BCUT2D eigenvalue weighted by Crippen LogP contribution is -2.01. The highest BCUT2D eigenvalue weighted by Crippen LogP contribution is 2.43. The van der Waals surface area contributed by atoms with Gasteiger partial charge < -0.3 is 9.47 Å². The molecule has 0 amide bonds. The Hall–Kier alpha value is -0.520. The summed E-state index contributed by atoms with van der Waals surface area (Å²) < 4.78 is 12.4. The van der Waals surface area contributed by atoms with Crippen LogP contribution in [0.25, 0.3) is 0 Å². The Kier molecular flexibility index (Phi) is 6.14. The van der Waals surface area contributed by atoms with Gasteiger partial charge in [-0.15, -0.1) is 11.3 Å². The zero-order valence-electron chi connectivity index (χ0n) is 12.3. The third-order valence-corrected chi connectivity index (χ3v) is 6.09. The van der Waals surface area contributed by atoms with E-state index in [1.165, 1.54) is 10.4 Å². The second kappa shape index (κ2) is 7.65. The summed E-state index contributed by atoms with van der Waals surface area (Å²) in [5.41, 5.74) is 2.44. The first kappa shape index (κ1) is 16.8. The van der Waals surface area contributed by atoms with Crippen molar-refractivity contribution >= 4 is 43.2 Å². The van der Waals surface area contributed by atoms with Crippen molar-refractivity contribution in [2.24, 2.45) is 0 Å². The van der Waals surface area contributed by atoms with Gasteiger partial charge in [0.05, 0.1) is 18.0 Å². The maximum atomic E-state index is 5.72. The molecule has 1 heterocycles. The minimum atomic E-state index is 0.141. The first-order chi connectivity index (χ1) is 10.1. The van der Waals surface area contributed by atoms with Crippen molar-refractivity contribution in [1.82, 2.24) is 0 Å². The fourth-order valence-electron chi connectivity index (χ4n) is 2.07. The highest BCUT2D eigenvalue weighted by molar-refractivity contribution is 9.11. The summed E-state index contributed by atoms with van der Waals surface area (Å²) in [7, 11) is 0. The molecule has 1 aromatic carbocycles. The number of thiophene rings is 1. The lowest BCUT2D eigenvalue weighted by atomic mass is 10.1. The van der Waals surface area contributed by atoms with E-state index in [4.69, 9.17) is 9.47 Å². The predicted molar refractivity (Wildman–Crippen MR) is 96.3 cm³/mol. The topological polar surface area (TPSA) is 18.5 Å². The Labute approximate surface area is 146 Å². The standard InChI is InChI=1S/C16H18Br2O2S/c1-4-19-13-8-11(12(17)9-14(13)20-5-2)15(18)16-10(3)6-7-21-16/h6-9,15H,4-5H2,1-3H3. The van der Waals surface area contributed by atoms with Crippen molar-refractivity contribution in [2.45, 2.75) is 25.6 Å². The van der Waals surface area contributed by atoms with Gasteiger partial charge in [0, 0.05) is 9.35 Å². The third kappa shape index (κ3) is 3.82. The molecule has 0 aliphatic heterocycles. The molecule has 2 rings (SSSR count). The van der Waals surface area contributed by atoms with Gasteiger partial charge in [0.2, 0.25) is 0 Å². The van der Waals surface area contributed by atoms with E-state index in [0.29, 0.717) is 13.2 Å². The van der Waals surface area contributed by atoms with E-state index in [2.05, 4.69) is 56.3 Å². The zero-order chi connectivity index (χ0) is 15.4. The molecule has 2 aromatic rings. The summed E-state index contributed by atoms with van der Waals surface area (Å²) >= 11 is 9.22. The van der Waals surface area contributed by atoms with Gasteiger partial charge >= 0.3 is 0 Å². The van der Waals surface area contributed by atoms with E-state index < -0.39 is 0 Å². The van der Waals surface area contributed by atoms with Crippen LogP contribution in [0, 0.1) is 6.92 Å². The molecular weight excluding hydrogens is 416 g/mol. The van der Waals surface area contributed by atoms with Crippen molar-refractivity contribution < 1.29 is 9.47 Å². The molecule has 2 nitrogen and oxygen atoms in total. The van der Waals surface area contributed by atoms with Crippen LogP contribution in [0.4, 0.5) is 0 Å². The second-order valence-corrected chi connectivity index (χ2v) is 7.23. The molecule has 0 aliphatic carbocycles. The highest BCUT2D eigenvalue weighted by Gasteiger charge is 2.20. The molecular formula is C16H18Br2O2S. The predicted octanol–water partition coefficient (Wildman–Crippen LogP) is 6.10. The molecule has 114 valence electrons. The number of hydrogen-bond acceptors (Lipinski definition) is 3. The van der Waals surface area contributed by atoms with Crippen LogP contribution in [0.3, 0.4) is 0 Å². The van der Waals surface area contributed by atoms with E-state index in [-0.39, 0.29) is 4.83 Å². The molecule has 0 saturated heterocycles. The van der Waals surface area contributed by atoms with Gasteiger partial charge in [-0.2, -0.15) is 0 Å². The molecule has 0 spiro atoms. The van der Waals surface area contributed by atoms with E-state index in [9.17, 15) is 0 Å². The normalized spacial score (nSPS) is 12.2. The molecule has 21 heavy (non-hydrogen) atoms. The number of rotatable bonds is 6. The summed E-state index contributed by atoms with van der Waals surface area (Å²) in [5.74, 6) is 1.56. The first-order valence-electron chi connectivity index (χ1n) is 6.85. The Morgan fingerprint density at radius 2 is 1.76 bits per heavy atom. The lowest BCUT2D eigenvalue weighted by Gasteiger charge is -2.17. The third-order valence-electron chi connectivity index (χ3n) is 3.07. The zero-order valence-corrected chi connectivity index (χ0v) is 16.3. The van der Waals surface area contributed by atoms with E-state index in [0.717, 1.165) is 21.5 Å². The van der Waals surface area contributed by atoms with Crippen molar-refractivity contribution in [3.63, 3.8) is 0 Å². The summed E-state index contributed by atoms with van der Waals surface area (Å²) in [6, 6.07) is 6.18. The molecule has 0 saturated carbocycles. The van der Waals surface area contributed by atoms with Crippen LogP contribution in [0.15, 0.2) is 28.1 Å². The van der Waals surface area contributed by atoms with Gasteiger partial charge in [-0.1, -0.05) is 31.9 Å². The maximum absolute atomic E-state index is 5.72. The fourth-order valence-corrected chi connectivity index (χ4v) is 4.91. The van der Waals surface area contributed by atoms with Crippen LogP contribution < -0.4 is 9.47 Å². The molecule has 0 radical (unpaired) electrons. The molecule has 0 fully saturated rings. The monoisotopic (exact) mass is 432 g/mol. The Morgan fingerprint density at radius 1 is 1.14 bits per heavy atom. The summed E-state index contributed by atoms with van der Waals surface area (Å²) in [4.78, 5) is 1.45. The molecule has 1 unspecified atom stereocenters. The maximum Gasteiger partial charge on any atom is 0.162 e. The quantitative estimate of drug-likeness (QED) is 0.512. The number of alkyl halides is 1. The minimum Gasteiger partial charge on any atom is -0.490 e. The highest BCUT2D eigenvalue weighted by atomic mass is 79.9. The van der Waals surface area contributed by atoms with Gasteiger partial charge in [-0.3, -0.25) is 0 Å². The first-order valence-corrected chi connectivity index (χ1v) is 9.44.